The number of hydrogen-bond donors (Lipinski definition) is 1. The Kier molecular flexibility index (Phi) is 12.3. The standard InChI is InChI=1S/C23H35N2O2.HI/c1-4-7-8-21(6-3)17-27-18-23(26)16-25-14-13-24(19-25)15-22-11-9-20(5-2)10-12-22;/h5,9-14,19,21,23,26H,2,4,6-8,15-18H2,1,3H3;1H/q+1;/p-1. The lowest BCUT2D eigenvalue weighted by Gasteiger charge is -2.16. The molecule has 2 aromatic rings. The first-order chi connectivity index (χ1) is 13.1. The Labute approximate surface area is 187 Å². The third kappa shape index (κ3) is 8.88. The van der Waals surface area contributed by atoms with Gasteiger partial charge in [-0.3, -0.25) is 0 Å². The maximum atomic E-state index is 10.3. The molecule has 1 N–H and O–H groups in total. The average molecular weight is 498 g/mol. The van der Waals surface area contributed by atoms with E-state index in [4.69, 9.17) is 4.74 Å². The van der Waals surface area contributed by atoms with E-state index >= 15 is 0 Å². The number of ether oxygens (including phenoxy) is 1. The quantitative estimate of drug-likeness (QED) is 0.332. The minimum Gasteiger partial charge on any atom is -1.00 e. The summed E-state index contributed by atoms with van der Waals surface area (Å²) in [5.41, 5.74) is 2.37. The molecular weight excluding hydrogens is 463 g/mol. The minimum atomic E-state index is -0.485. The molecule has 4 nitrogen and oxygen atoms in total. The summed E-state index contributed by atoms with van der Waals surface area (Å²) in [6, 6.07) is 8.38. The number of aliphatic hydroxyl groups is 1. The second-order valence-electron chi connectivity index (χ2n) is 7.34. The molecule has 0 saturated carbocycles. The molecule has 0 spiro atoms. The van der Waals surface area contributed by atoms with Crippen LogP contribution >= 0.6 is 0 Å². The first-order valence-corrected chi connectivity index (χ1v) is 10.2. The van der Waals surface area contributed by atoms with Crippen LogP contribution in [0.3, 0.4) is 0 Å². The van der Waals surface area contributed by atoms with E-state index in [-0.39, 0.29) is 24.0 Å². The lowest BCUT2D eigenvalue weighted by Crippen LogP contribution is -3.00. The molecule has 5 heteroatoms. The van der Waals surface area contributed by atoms with Gasteiger partial charge in [-0.25, -0.2) is 9.13 Å². The predicted octanol–water partition coefficient (Wildman–Crippen LogP) is 1.06. The number of imidazole rings is 1. The molecule has 2 unspecified atom stereocenters. The van der Waals surface area contributed by atoms with E-state index in [0.29, 0.717) is 19.1 Å². The minimum absolute atomic E-state index is 0. The molecule has 1 aromatic carbocycles. The molecule has 0 radical (unpaired) electrons. The highest BCUT2D eigenvalue weighted by Gasteiger charge is 2.13. The summed E-state index contributed by atoms with van der Waals surface area (Å²) in [4.78, 5) is 0. The fourth-order valence-corrected chi connectivity index (χ4v) is 3.18. The van der Waals surface area contributed by atoms with E-state index in [1.807, 2.05) is 29.4 Å². The molecule has 2 atom stereocenters. The van der Waals surface area contributed by atoms with Crippen LogP contribution in [0.1, 0.15) is 50.7 Å². The second kappa shape index (κ2) is 13.9. The SMILES string of the molecule is C=Cc1ccc(C[n+]2ccn(CC(O)COCC(CC)CCCC)c2)cc1.[I-]. The van der Waals surface area contributed by atoms with Gasteiger partial charge in [0.15, 0.2) is 0 Å². The predicted molar refractivity (Wildman–Crippen MR) is 110 cm³/mol. The number of hydrogen-bond acceptors (Lipinski definition) is 2. The van der Waals surface area contributed by atoms with E-state index in [0.717, 1.165) is 25.1 Å². The van der Waals surface area contributed by atoms with Crippen LogP contribution < -0.4 is 28.5 Å². The van der Waals surface area contributed by atoms with Crippen molar-refractivity contribution in [3.63, 3.8) is 0 Å². The number of rotatable bonds is 13. The molecule has 0 aliphatic carbocycles. The largest absolute Gasteiger partial charge is 1.00 e. The van der Waals surface area contributed by atoms with Crippen LogP contribution in [-0.4, -0.2) is 29.0 Å². The number of unbranched alkanes of at least 4 members (excludes halogenated alkanes) is 1. The van der Waals surface area contributed by atoms with Gasteiger partial charge in [0.1, 0.15) is 31.6 Å². The number of halogens is 1. The highest BCUT2D eigenvalue weighted by molar-refractivity contribution is 5.47. The van der Waals surface area contributed by atoms with Crippen LogP contribution in [0.5, 0.6) is 0 Å². The third-order valence-corrected chi connectivity index (χ3v) is 4.96. The van der Waals surface area contributed by atoms with Crippen LogP contribution in [0.4, 0.5) is 0 Å². The topological polar surface area (TPSA) is 38.3 Å². The number of aromatic nitrogens is 2. The second-order valence-corrected chi connectivity index (χ2v) is 7.34. The van der Waals surface area contributed by atoms with Crippen molar-refractivity contribution in [1.29, 1.82) is 0 Å². The van der Waals surface area contributed by atoms with Crippen LogP contribution in [-0.2, 0) is 17.8 Å². The van der Waals surface area contributed by atoms with Gasteiger partial charge in [-0.05, 0) is 23.5 Å². The van der Waals surface area contributed by atoms with Crippen molar-refractivity contribution >= 4 is 6.08 Å². The molecular formula is C23H35IN2O2. The Hall–Kier alpha value is -1.18. The van der Waals surface area contributed by atoms with E-state index in [2.05, 4.69) is 49.3 Å². The number of benzene rings is 1. The molecule has 0 saturated heterocycles. The van der Waals surface area contributed by atoms with Gasteiger partial charge in [-0.15, -0.1) is 0 Å². The van der Waals surface area contributed by atoms with Crippen molar-refractivity contribution in [3.05, 3.63) is 60.7 Å². The van der Waals surface area contributed by atoms with Crippen molar-refractivity contribution in [2.45, 2.75) is 58.7 Å². The van der Waals surface area contributed by atoms with Crippen molar-refractivity contribution in [1.82, 2.24) is 4.57 Å². The summed E-state index contributed by atoms with van der Waals surface area (Å²) in [6.45, 7) is 10.7. The summed E-state index contributed by atoms with van der Waals surface area (Å²) >= 11 is 0. The highest BCUT2D eigenvalue weighted by atomic mass is 127. The molecule has 2 rings (SSSR count). The van der Waals surface area contributed by atoms with Gasteiger partial charge in [0.05, 0.1) is 6.61 Å². The summed E-state index contributed by atoms with van der Waals surface area (Å²) in [5.74, 6) is 0.610. The highest BCUT2D eigenvalue weighted by Crippen LogP contribution is 2.13. The van der Waals surface area contributed by atoms with Crippen molar-refractivity contribution < 1.29 is 38.4 Å². The zero-order chi connectivity index (χ0) is 19.5. The maximum Gasteiger partial charge on any atom is 0.244 e. The Bertz CT molecular complexity index is 669. The van der Waals surface area contributed by atoms with Crippen LogP contribution in [0.25, 0.3) is 6.08 Å². The molecule has 0 bridgehead atoms. The summed E-state index contributed by atoms with van der Waals surface area (Å²) in [7, 11) is 0. The lowest BCUT2D eigenvalue weighted by atomic mass is 10.0. The molecule has 0 fully saturated rings. The molecule has 0 amide bonds. The molecule has 28 heavy (non-hydrogen) atoms. The van der Waals surface area contributed by atoms with Gasteiger partial charge in [-0.2, -0.15) is 0 Å². The number of aliphatic hydroxyl groups excluding tert-OH is 1. The normalized spacial score (nSPS) is 13.0. The Morgan fingerprint density at radius 3 is 2.61 bits per heavy atom. The fourth-order valence-electron chi connectivity index (χ4n) is 3.18. The molecule has 0 aliphatic heterocycles. The summed E-state index contributed by atoms with van der Waals surface area (Å²) in [5, 5.41) is 10.3. The van der Waals surface area contributed by atoms with Crippen molar-refractivity contribution in [3.8, 4) is 0 Å². The fraction of sp³-hybridized carbons (Fsp3) is 0.522. The first kappa shape index (κ1) is 24.9. The van der Waals surface area contributed by atoms with E-state index < -0.39 is 6.10 Å². The van der Waals surface area contributed by atoms with Crippen LogP contribution in [0.15, 0.2) is 49.6 Å². The van der Waals surface area contributed by atoms with E-state index in [9.17, 15) is 5.11 Å². The van der Waals surface area contributed by atoms with Crippen molar-refractivity contribution in [2.24, 2.45) is 5.92 Å². The van der Waals surface area contributed by atoms with Gasteiger partial charge in [0, 0.05) is 6.61 Å². The summed E-state index contributed by atoms with van der Waals surface area (Å²) < 4.78 is 9.90. The Morgan fingerprint density at radius 2 is 1.96 bits per heavy atom. The molecule has 1 aromatic heterocycles. The van der Waals surface area contributed by atoms with Gasteiger partial charge >= 0.3 is 0 Å². The Morgan fingerprint density at radius 1 is 1.21 bits per heavy atom. The van der Waals surface area contributed by atoms with Gasteiger partial charge in [0.2, 0.25) is 6.33 Å². The smallest absolute Gasteiger partial charge is 0.244 e. The third-order valence-electron chi connectivity index (χ3n) is 4.96. The molecule has 0 aliphatic rings. The zero-order valence-electron chi connectivity index (χ0n) is 17.3. The lowest BCUT2D eigenvalue weighted by molar-refractivity contribution is -0.687. The summed E-state index contributed by atoms with van der Waals surface area (Å²) in [6.07, 6.45) is 12.3. The van der Waals surface area contributed by atoms with E-state index in [1.54, 1.807) is 0 Å². The van der Waals surface area contributed by atoms with Gasteiger partial charge in [0.25, 0.3) is 0 Å². The van der Waals surface area contributed by atoms with Gasteiger partial charge < -0.3 is 33.8 Å². The van der Waals surface area contributed by atoms with Crippen LogP contribution in [0.2, 0.25) is 0 Å². The monoisotopic (exact) mass is 498 g/mol. The molecule has 156 valence electrons. The van der Waals surface area contributed by atoms with Crippen molar-refractivity contribution in [2.75, 3.05) is 13.2 Å². The first-order valence-electron chi connectivity index (χ1n) is 10.2. The zero-order valence-corrected chi connectivity index (χ0v) is 19.4. The average Bonchev–Trinajstić information content (AvgIpc) is 3.11. The number of nitrogens with zero attached hydrogens (tertiary/aromatic N) is 2. The maximum absolute atomic E-state index is 10.3. The van der Waals surface area contributed by atoms with Gasteiger partial charge in [-0.1, -0.05) is 70.0 Å². The van der Waals surface area contributed by atoms with Crippen LogP contribution in [0, 0.1) is 5.92 Å². The van der Waals surface area contributed by atoms with E-state index in [1.165, 1.54) is 24.8 Å². The Balaban J connectivity index is 0.00000392. The molecule has 1 heterocycles.